The summed E-state index contributed by atoms with van der Waals surface area (Å²) in [7, 11) is 0. The molecule has 0 saturated heterocycles. The van der Waals surface area contributed by atoms with Crippen LogP contribution >= 0.6 is 11.5 Å². The minimum absolute atomic E-state index is 0.00588. The Kier molecular flexibility index (Phi) is 2.59. The van der Waals surface area contributed by atoms with Crippen LogP contribution in [0.5, 0.6) is 0 Å². The molecule has 0 bridgehead atoms. The first-order chi connectivity index (χ1) is 7.16. The third-order valence-electron chi connectivity index (χ3n) is 1.87. The summed E-state index contributed by atoms with van der Waals surface area (Å²) in [4.78, 5) is 3.84. The molecule has 0 aliphatic carbocycles. The average Bonchev–Trinajstić information content (AvgIpc) is 2.58. The molecular weight excluding hydrogens is 220 g/mol. The van der Waals surface area contributed by atoms with E-state index in [1.54, 1.807) is 0 Å². The largest absolute Gasteiger partial charge is 0.367 e. The molecule has 0 spiro atoms. The van der Waals surface area contributed by atoms with Crippen LogP contribution in [0.15, 0.2) is 18.2 Å². The smallest absolute Gasteiger partial charge is 0.232 e. The lowest BCUT2D eigenvalue weighted by Gasteiger charge is -2.01. The maximum atomic E-state index is 13.2. The van der Waals surface area contributed by atoms with Crippen LogP contribution in [-0.2, 0) is 6.42 Å². The van der Waals surface area contributed by atoms with Crippen molar-refractivity contribution < 1.29 is 8.78 Å². The van der Waals surface area contributed by atoms with Crippen molar-refractivity contribution in [3.05, 3.63) is 40.4 Å². The summed E-state index contributed by atoms with van der Waals surface area (Å²) in [6, 6.07) is 3.74. The summed E-state index contributed by atoms with van der Waals surface area (Å²) in [5, 5.41) is 0.497. The molecule has 15 heavy (non-hydrogen) atoms. The minimum Gasteiger partial charge on any atom is -0.367 e. The lowest BCUT2D eigenvalue weighted by molar-refractivity contribution is 0.561. The Morgan fingerprint density at radius 3 is 2.47 bits per heavy atom. The predicted molar refractivity (Wildman–Crippen MR) is 53.5 cm³/mol. The first-order valence-electron chi connectivity index (χ1n) is 4.18. The molecule has 1 aromatic carbocycles. The van der Waals surface area contributed by atoms with Crippen molar-refractivity contribution in [2.45, 2.75) is 6.42 Å². The van der Waals surface area contributed by atoms with Crippen LogP contribution in [0.4, 0.5) is 14.7 Å². The van der Waals surface area contributed by atoms with Gasteiger partial charge in [-0.25, -0.2) is 13.8 Å². The molecular formula is C9H7F2N3S. The van der Waals surface area contributed by atoms with Gasteiger partial charge >= 0.3 is 0 Å². The fraction of sp³-hybridized carbons (Fsp3) is 0.111. The summed E-state index contributed by atoms with van der Waals surface area (Å²) >= 11 is 1.04. The maximum Gasteiger partial charge on any atom is 0.232 e. The highest BCUT2D eigenvalue weighted by Gasteiger charge is 2.11. The van der Waals surface area contributed by atoms with Crippen molar-refractivity contribution >= 4 is 17.5 Å². The van der Waals surface area contributed by atoms with Gasteiger partial charge in [-0.05, 0) is 23.7 Å². The average molecular weight is 227 g/mol. The molecule has 3 nitrogen and oxygen atoms in total. The van der Waals surface area contributed by atoms with E-state index in [0.717, 1.165) is 11.5 Å². The Hall–Kier alpha value is -1.56. The van der Waals surface area contributed by atoms with Crippen molar-refractivity contribution in [1.29, 1.82) is 0 Å². The number of anilines is 1. The molecule has 2 aromatic rings. The van der Waals surface area contributed by atoms with Gasteiger partial charge in [0, 0.05) is 12.0 Å². The number of nitrogens with zero attached hydrogens (tertiary/aromatic N) is 2. The summed E-state index contributed by atoms with van der Waals surface area (Å²) in [5.41, 5.74) is 5.30. The summed E-state index contributed by atoms with van der Waals surface area (Å²) in [5.74, 6) is -1.03. The highest BCUT2D eigenvalue weighted by molar-refractivity contribution is 7.05. The third kappa shape index (κ3) is 2.10. The zero-order valence-electron chi connectivity index (χ0n) is 7.58. The highest BCUT2D eigenvalue weighted by atomic mass is 32.1. The van der Waals surface area contributed by atoms with Gasteiger partial charge in [-0.3, -0.25) is 0 Å². The SMILES string of the molecule is Nc1nsc(Cc2c(F)cccc2F)n1. The van der Waals surface area contributed by atoms with Crippen LogP contribution in [-0.4, -0.2) is 9.36 Å². The van der Waals surface area contributed by atoms with E-state index in [4.69, 9.17) is 5.73 Å². The quantitative estimate of drug-likeness (QED) is 0.853. The van der Waals surface area contributed by atoms with Crippen LogP contribution in [0, 0.1) is 11.6 Å². The van der Waals surface area contributed by atoms with Crippen LogP contribution in [0.1, 0.15) is 10.6 Å². The van der Waals surface area contributed by atoms with E-state index in [1.165, 1.54) is 18.2 Å². The van der Waals surface area contributed by atoms with E-state index in [9.17, 15) is 8.78 Å². The van der Waals surface area contributed by atoms with Gasteiger partial charge in [-0.2, -0.15) is 4.37 Å². The summed E-state index contributed by atoms with van der Waals surface area (Å²) in [6.45, 7) is 0. The topological polar surface area (TPSA) is 51.8 Å². The van der Waals surface area contributed by atoms with Gasteiger partial charge in [0.05, 0.1) is 0 Å². The molecule has 1 aromatic heterocycles. The first kappa shape index (κ1) is 9.97. The van der Waals surface area contributed by atoms with E-state index in [0.29, 0.717) is 5.01 Å². The standard InChI is InChI=1S/C9H7F2N3S/c10-6-2-1-3-7(11)5(6)4-8-13-9(12)14-15-8/h1-3H,4H2,(H2,12,14). The van der Waals surface area contributed by atoms with E-state index in [2.05, 4.69) is 9.36 Å². The monoisotopic (exact) mass is 227 g/mol. The van der Waals surface area contributed by atoms with Gasteiger partial charge in [0.2, 0.25) is 5.95 Å². The van der Waals surface area contributed by atoms with Gasteiger partial charge in [0.1, 0.15) is 16.6 Å². The zero-order chi connectivity index (χ0) is 10.8. The molecule has 0 aliphatic heterocycles. The van der Waals surface area contributed by atoms with Gasteiger partial charge in [0.15, 0.2) is 0 Å². The summed E-state index contributed by atoms with van der Waals surface area (Å²) in [6.07, 6.45) is 0.0768. The molecule has 0 radical (unpaired) electrons. The molecule has 0 amide bonds. The molecule has 0 fully saturated rings. The van der Waals surface area contributed by atoms with Gasteiger partial charge in [-0.15, -0.1) is 0 Å². The first-order valence-corrected chi connectivity index (χ1v) is 4.95. The zero-order valence-corrected chi connectivity index (χ0v) is 8.39. The van der Waals surface area contributed by atoms with Gasteiger partial charge in [0.25, 0.3) is 0 Å². The lowest BCUT2D eigenvalue weighted by atomic mass is 10.1. The number of rotatable bonds is 2. The predicted octanol–water partition coefficient (Wildman–Crippen LogP) is 1.99. The molecule has 1 heterocycles. The fourth-order valence-electron chi connectivity index (χ4n) is 1.19. The van der Waals surface area contributed by atoms with Gasteiger partial charge < -0.3 is 5.73 Å². The fourth-order valence-corrected chi connectivity index (χ4v) is 1.78. The van der Waals surface area contributed by atoms with Gasteiger partial charge in [-0.1, -0.05) is 6.07 Å². The molecule has 0 saturated carbocycles. The van der Waals surface area contributed by atoms with E-state index in [-0.39, 0.29) is 17.9 Å². The maximum absolute atomic E-state index is 13.2. The van der Waals surface area contributed by atoms with Crippen molar-refractivity contribution in [2.75, 3.05) is 5.73 Å². The van der Waals surface area contributed by atoms with Crippen molar-refractivity contribution in [3.63, 3.8) is 0 Å². The Bertz CT molecular complexity index is 464. The molecule has 0 aliphatic rings. The van der Waals surface area contributed by atoms with E-state index in [1.807, 2.05) is 0 Å². The molecule has 0 atom stereocenters. The van der Waals surface area contributed by atoms with Crippen molar-refractivity contribution in [3.8, 4) is 0 Å². The van der Waals surface area contributed by atoms with E-state index >= 15 is 0 Å². The van der Waals surface area contributed by atoms with Crippen molar-refractivity contribution in [2.24, 2.45) is 0 Å². The molecule has 2 rings (SSSR count). The molecule has 78 valence electrons. The number of halogens is 2. The van der Waals surface area contributed by atoms with Crippen LogP contribution in [0.25, 0.3) is 0 Å². The number of nitrogen functional groups attached to an aromatic ring is 1. The minimum atomic E-state index is -0.580. The normalized spacial score (nSPS) is 10.5. The number of nitrogens with two attached hydrogens (primary N) is 1. The number of benzene rings is 1. The van der Waals surface area contributed by atoms with Crippen LogP contribution < -0.4 is 5.73 Å². The number of hydrogen-bond donors (Lipinski definition) is 1. The highest BCUT2D eigenvalue weighted by Crippen LogP contribution is 2.18. The number of hydrogen-bond acceptors (Lipinski definition) is 4. The molecule has 0 unspecified atom stereocenters. The van der Waals surface area contributed by atoms with E-state index < -0.39 is 11.6 Å². The second kappa shape index (κ2) is 3.90. The molecule has 6 heteroatoms. The third-order valence-corrected chi connectivity index (χ3v) is 2.60. The second-order valence-electron chi connectivity index (χ2n) is 2.92. The Labute approximate surface area is 88.7 Å². The van der Waals surface area contributed by atoms with Crippen molar-refractivity contribution in [1.82, 2.24) is 9.36 Å². The Morgan fingerprint density at radius 1 is 1.27 bits per heavy atom. The summed E-state index contributed by atoms with van der Waals surface area (Å²) < 4.78 is 30.2. The Balaban J connectivity index is 2.31. The van der Waals surface area contributed by atoms with Crippen LogP contribution in [0.2, 0.25) is 0 Å². The van der Waals surface area contributed by atoms with Crippen LogP contribution in [0.3, 0.4) is 0 Å². The molecule has 2 N–H and O–H groups in total. The Morgan fingerprint density at radius 2 is 1.93 bits per heavy atom. The lowest BCUT2D eigenvalue weighted by Crippen LogP contribution is -1.97. The second-order valence-corrected chi connectivity index (χ2v) is 3.76. The number of aromatic nitrogens is 2.